The van der Waals surface area contributed by atoms with Gasteiger partial charge in [-0.3, -0.25) is 10.1 Å². The fourth-order valence-electron chi connectivity index (χ4n) is 1.96. The zero-order chi connectivity index (χ0) is 14.9. The minimum absolute atomic E-state index is 0.0760. The molecule has 1 aliphatic rings. The number of hydrogen-bond donors (Lipinski definition) is 1. The highest BCUT2D eigenvalue weighted by Crippen LogP contribution is 2.38. The molecule has 1 aromatic rings. The van der Waals surface area contributed by atoms with Gasteiger partial charge in [-0.25, -0.2) is 4.79 Å². The zero-order valence-electron chi connectivity index (χ0n) is 10.1. The lowest BCUT2D eigenvalue weighted by Crippen LogP contribution is -2.46. The molecule has 20 heavy (non-hydrogen) atoms. The van der Waals surface area contributed by atoms with Gasteiger partial charge in [-0.15, -0.1) is 0 Å². The first-order valence-electron chi connectivity index (χ1n) is 5.63. The van der Waals surface area contributed by atoms with Gasteiger partial charge >= 0.3 is 5.97 Å². The Kier molecular flexibility index (Phi) is 4.32. The summed E-state index contributed by atoms with van der Waals surface area (Å²) in [6.45, 7) is 0.689. The van der Waals surface area contributed by atoms with Crippen LogP contribution in [0.25, 0.3) is 0 Å². The Hall–Kier alpha value is -1.57. The molecule has 0 aromatic heterocycles. The third-order valence-corrected chi connectivity index (χ3v) is 3.45. The highest BCUT2D eigenvalue weighted by Gasteiger charge is 2.29. The molecule has 1 heterocycles. The van der Waals surface area contributed by atoms with E-state index in [9.17, 15) is 14.9 Å². The predicted octanol–water partition coefficient (Wildman–Crippen LogP) is 2.19. The van der Waals surface area contributed by atoms with Gasteiger partial charge in [0.05, 0.1) is 33.8 Å². The van der Waals surface area contributed by atoms with Crippen molar-refractivity contribution in [3.05, 3.63) is 32.3 Å². The molecule has 1 aromatic carbocycles. The summed E-state index contributed by atoms with van der Waals surface area (Å²) in [5.74, 6) is -1.08. The second kappa shape index (κ2) is 5.82. The van der Waals surface area contributed by atoms with Crippen LogP contribution in [0, 0.1) is 10.1 Å². The van der Waals surface area contributed by atoms with Crippen molar-refractivity contribution in [2.24, 2.45) is 0 Å². The van der Waals surface area contributed by atoms with Crippen LogP contribution in [0.1, 0.15) is 0 Å². The average Bonchev–Trinajstić information content (AvgIpc) is 2.38. The predicted molar refractivity (Wildman–Crippen MR) is 72.7 cm³/mol. The summed E-state index contributed by atoms with van der Waals surface area (Å²) in [7, 11) is 0. The van der Waals surface area contributed by atoms with Gasteiger partial charge in [0.2, 0.25) is 0 Å². The molecule has 7 nitrogen and oxygen atoms in total. The van der Waals surface area contributed by atoms with E-state index in [4.69, 9.17) is 33.0 Å². The molecule has 1 aliphatic heterocycles. The maximum Gasteiger partial charge on any atom is 0.334 e. The fraction of sp³-hybridized carbons (Fsp3) is 0.364. The van der Waals surface area contributed by atoms with Gasteiger partial charge in [-0.2, -0.15) is 0 Å². The summed E-state index contributed by atoms with van der Waals surface area (Å²) in [4.78, 5) is 22.7. The van der Waals surface area contributed by atoms with E-state index in [1.54, 1.807) is 4.90 Å². The summed E-state index contributed by atoms with van der Waals surface area (Å²) >= 11 is 12.0. The number of morpholine rings is 1. The van der Waals surface area contributed by atoms with Crippen LogP contribution in [-0.4, -0.2) is 41.8 Å². The maximum atomic E-state index is 10.9. The van der Waals surface area contributed by atoms with Gasteiger partial charge < -0.3 is 14.7 Å². The second-order valence-corrected chi connectivity index (χ2v) is 4.97. The SMILES string of the molecule is O=C(O)C1CN(c2c(Cl)cc([N+](=O)[O-])cc2Cl)CCO1. The first-order chi connectivity index (χ1) is 9.40. The van der Waals surface area contributed by atoms with E-state index in [1.807, 2.05) is 0 Å². The molecule has 2 rings (SSSR count). The van der Waals surface area contributed by atoms with Crippen LogP contribution in [0.3, 0.4) is 0 Å². The summed E-state index contributed by atoms with van der Waals surface area (Å²) in [5.41, 5.74) is 0.167. The first kappa shape index (κ1) is 14.8. The van der Waals surface area contributed by atoms with Crippen molar-refractivity contribution in [3.8, 4) is 0 Å². The number of nitrogens with zero attached hydrogens (tertiary/aromatic N) is 2. The molecule has 0 amide bonds. The topological polar surface area (TPSA) is 92.9 Å². The monoisotopic (exact) mass is 320 g/mol. The van der Waals surface area contributed by atoms with Crippen molar-refractivity contribution in [1.82, 2.24) is 0 Å². The van der Waals surface area contributed by atoms with Crippen molar-refractivity contribution in [3.63, 3.8) is 0 Å². The Balaban J connectivity index is 2.33. The number of ether oxygens (including phenoxy) is 1. The van der Waals surface area contributed by atoms with Gasteiger partial charge in [0.25, 0.3) is 5.69 Å². The minimum atomic E-state index is -1.08. The van der Waals surface area contributed by atoms with Gasteiger partial charge in [-0.05, 0) is 0 Å². The van der Waals surface area contributed by atoms with Gasteiger partial charge in [-0.1, -0.05) is 23.2 Å². The number of anilines is 1. The number of nitro groups is 1. The van der Waals surface area contributed by atoms with Crippen LogP contribution >= 0.6 is 23.2 Å². The summed E-state index contributed by atoms with van der Waals surface area (Å²) in [5, 5.41) is 19.9. The number of rotatable bonds is 3. The molecule has 108 valence electrons. The molecule has 1 fully saturated rings. The van der Waals surface area contributed by atoms with Crippen molar-refractivity contribution >= 4 is 40.5 Å². The van der Waals surface area contributed by atoms with E-state index in [1.165, 1.54) is 12.1 Å². The number of nitro benzene ring substituents is 1. The number of hydrogen-bond acceptors (Lipinski definition) is 5. The molecule has 9 heteroatoms. The highest BCUT2D eigenvalue weighted by atomic mass is 35.5. The molecule has 1 atom stereocenters. The van der Waals surface area contributed by atoms with Crippen LogP contribution in [0.4, 0.5) is 11.4 Å². The van der Waals surface area contributed by atoms with Crippen LogP contribution in [0.2, 0.25) is 10.0 Å². The molecule has 0 radical (unpaired) electrons. The lowest BCUT2D eigenvalue weighted by Gasteiger charge is -2.33. The third-order valence-electron chi connectivity index (χ3n) is 2.87. The lowest BCUT2D eigenvalue weighted by atomic mass is 10.2. The molecule has 1 N–H and O–H groups in total. The van der Waals surface area contributed by atoms with E-state index in [0.29, 0.717) is 12.2 Å². The lowest BCUT2D eigenvalue weighted by molar-refractivity contribution is -0.384. The van der Waals surface area contributed by atoms with E-state index in [0.717, 1.165) is 0 Å². The maximum absolute atomic E-state index is 10.9. The van der Waals surface area contributed by atoms with Crippen LogP contribution in [-0.2, 0) is 9.53 Å². The summed E-state index contributed by atoms with van der Waals surface area (Å²) in [6, 6.07) is 2.38. The molecule has 0 bridgehead atoms. The van der Waals surface area contributed by atoms with Crippen molar-refractivity contribution in [1.29, 1.82) is 0 Å². The normalized spacial score (nSPS) is 18.9. The van der Waals surface area contributed by atoms with E-state index in [-0.39, 0.29) is 28.9 Å². The Labute approximate surface area is 123 Å². The Bertz CT molecular complexity index is 543. The van der Waals surface area contributed by atoms with E-state index >= 15 is 0 Å². The number of carbonyl (C=O) groups is 1. The molecule has 1 saturated heterocycles. The summed E-state index contributed by atoms with van der Waals surface area (Å²) < 4.78 is 5.10. The largest absolute Gasteiger partial charge is 0.479 e. The number of non-ortho nitro benzene ring substituents is 1. The Morgan fingerprint density at radius 3 is 2.55 bits per heavy atom. The number of aliphatic carboxylic acids is 1. The average molecular weight is 321 g/mol. The van der Waals surface area contributed by atoms with Gasteiger partial charge in [0.1, 0.15) is 0 Å². The molecule has 0 saturated carbocycles. The molecule has 0 aliphatic carbocycles. The van der Waals surface area contributed by atoms with Crippen LogP contribution in [0.15, 0.2) is 12.1 Å². The van der Waals surface area contributed by atoms with Gasteiger partial charge in [0.15, 0.2) is 6.10 Å². The number of benzene rings is 1. The van der Waals surface area contributed by atoms with Crippen molar-refractivity contribution in [2.45, 2.75) is 6.10 Å². The molecular formula is C11H10Cl2N2O5. The highest BCUT2D eigenvalue weighted by molar-refractivity contribution is 6.39. The Morgan fingerprint density at radius 1 is 1.45 bits per heavy atom. The van der Waals surface area contributed by atoms with E-state index < -0.39 is 17.0 Å². The number of carboxylic acids is 1. The third kappa shape index (κ3) is 2.95. The first-order valence-corrected chi connectivity index (χ1v) is 6.38. The second-order valence-electron chi connectivity index (χ2n) is 4.16. The van der Waals surface area contributed by atoms with Crippen molar-refractivity contribution < 1.29 is 19.6 Å². The quantitative estimate of drug-likeness (QED) is 0.677. The number of halogens is 2. The fourth-order valence-corrected chi connectivity index (χ4v) is 2.68. The standard InChI is InChI=1S/C11H10Cl2N2O5/c12-7-3-6(15(18)19)4-8(13)10(7)14-1-2-20-9(5-14)11(16)17/h3-4,9H,1-2,5H2,(H,16,17). The molecule has 1 unspecified atom stereocenters. The minimum Gasteiger partial charge on any atom is -0.479 e. The molecular weight excluding hydrogens is 311 g/mol. The van der Waals surface area contributed by atoms with Crippen molar-refractivity contribution in [2.75, 3.05) is 24.6 Å². The smallest absolute Gasteiger partial charge is 0.334 e. The Morgan fingerprint density at radius 2 is 2.05 bits per heavy atom. The van der Waals surface area contributed by atoms with E-state index in [2.05, 4.69) is 0 Å². The summed E-state index contributed by atoms with van der Waals surface area (Å²) in [6.07, 6.45) is -0.980. The van der Waals surface area contributed by atoms with Crippen LogP contribution in [0.5, 0.6) is 0 Å². The molecule has 0 spiro atoms. The van der Waals surface area contributed by atoms with Gasteiger partial charge in [0, 0.05) is 18.7 Å². The number of carboxylic acid groups (broad SMARTS) is 1. The van der Waals surface area contributed by atoms with Crippen LogP contribution < -0.4 is 4.90 Å². The zero-order valence-corrected chi connectivity index (χ0v) is 11.6.